The van der Waals surface area contributed by atoms with E-state index in [1.807, 2.05) is 66.7 Å². The van der Waals surface area contributed by atoms with E-state index in [9.17, 15) is 24.0 Å². The number of ether oxygens (including phenoxy) is 6. The molecule has 0 saturated carbocycles. The number of hydrogen-bond donors (Lipinski definition) is 4. The molecule has 3 aliphatic rings. The average Bonchev–Trinajstić information content (AvgIpc) is 3.32. The van der Waals surface area contributed by atoms with Gasteiger partial charge in [0.2, 0.25) is 11.8 Å². The van der Waals surface area contributed by atoms with Gasteiger partial charge in [0, 0.05) is 66.0 Å². The van der Waals surface area contributed by atoms with Crippen LogP contribution in [0.1, 0.15) is 51.2 Å². The van der Waals surface area contributed by atoms with Gasteiger partial charge in [-0.3, -0.25) is 24.1 Å². The zero-order valence-electron chi connectivity index (χ0n) is 39.6. The molecule has 5 amide bonds. The third-order valence-corrected chi connectivity index (χ3v) is 11.2. The number of nitrogens with zero attached hydrogens (tertiary/aromatic N) is 2. The van der Waals surface area contributed by atoms with Gasteiger partial charge >= 0.3 is 6.09 Å². The topological polar surface area (TPSA) is 195 Å². The summed E-state index contributed by atoms with van der Waals surface area (Å²) in [6.45, 7) is 9.88. The van der Waals surface area contributed by atoms with Gasteiger partial charge in [0.25, 0.3) is 11.8 Å². The lowest BCUT2D eigenvalue weighted by Gasteiger charge is -2.34. The van der Waals surface area contributed by atoms with Gasteiger partial charge in [-0.2, -0.15) is 0 Å². The molecule has 5 rings (SSSR count). The van der Waals surface area contributed by atoms with Gasteiger partial charge in [-0.15, -0.1) is 0 Å². The highest BCUT2D eigenvalue weighted by atomic mass is 16.6. The van der Waals surface area contributed by atoms with Crippen LogP contribution in [0.4, 0.5) is 4.79 Å². The van der Waals surface area contributed by atoms with E-state index in [-0.39, 0.29) is 81.5 Å². The Morgan fingerprint density at radius 2 is 1.31 bits per heavy atom. The van der Waals surface area contributed by atoms with Crippen molar-refractivity contribution < 1.29 is 52.4 Å². The molecule has 2 aromatic rings. The van der Waals surface area contributed by atoms with E-state index in [0.717, 1.165) is 11.1 Å². The number of amides is 5. The minimum Gasteiger partial charge on any atom is -0.488 e. The minimum absolute atomic E-state index is 0.0386. The smallest absolute Gasteiger partial charge is 0.410 e. The molecule has 0 radical (unpaired) electrons. The highest BCUT2D eigenvalue weighted by molar-refractivity contribution is 6.02. The van der Waals surface area contributed by atoms with Crippen LogP contribution in [0.5, 0.6) is 0 Å². The summed E-state index contributed by atoms with van der Waals surface area (Å²) in [6, 6.07) is 19.0. The number of allylic oxidation sites excluding steroid dienone is 2. The van der Waals surface area contributed by atoms with Crippen LogP contribution in [0.15, 0.2) is 95.8 Å². The highest BCUT2D eigenvalue weighted by Crippen LogP contribution is 2.30. The van der Waals surface area contributed by atoms with E-state index < -0.39 is 35.5 Å². The number of nitrogens with one attached hydrogen (secondary N) is 4. The van der Waals surface area contributed by atoms with Crippen LogP contribution < -0.4 is 21.3 Å². The number of fused-ring (bicyclic) bond motifs is 3. The van der Waals surface area contributed by atoms with E-state index in [4.69, 9.17) is 28.4 Å². The van der Waals surface area contributed by atoms with Gasteiger partial charge in [-0.1, -0.05) is 78.9 Å². The van der Waals surface area contributed by atoms with Crippen molar-refractivity contribution in [2.75, 3.05) is 99.0 Å². The summed E-state index contributed by atoms with van der Waals surface area (Å²) in [5.74, 6) is -2.70. The van der Waals surface area contributed by atoms with Crippen LogP contribution >= 0.6 is 0 Å². The molecular formula is C50H70N6O11. The van der Waals surface area contributed by atoms with Crippen LogP contribution in [0.2, 0.25) is 0 Å². The van der Waals surface area contributed by atoms with Crippen LogP contribution in [-0.4, -0.2) is 150 Å². The molecule has 3 unspecified atom stereocenters. The summed E-state index contributed by atoms with van der Waals surface area (Å²) in [6.07, 6.45) is 5.12. The summed E-state index contributed by atoms with van der Waals surface area (Å²) in [5.41, 5.74) is 1.53. The van der Waals surface area contributed by atoms with Gasteiger partial charge in [0.15, 0.2) is 0 Å². The summed E-state index contributed by atoms with van der Waals surface area (Å²) in [7, 11) is 1.62. The van der Waals surface area contributed by atoms with Crippen molar-refractivity contribution in [3.8, 4) is 0 Å². The Balaban J connectivity index is 1.38. The molecule has 1 heterocycles. The van der Waals surface area contributed by atoms with Crippen molar-refractivity contribution in [2.45, 2.75) is 65.0 Å². The number of benzene rings is 2. The predicted octanol–water partition coefficient (Wildman–Crippen LogP) is 3.65. The molecule has 4 bridgehead atoms. The van der Waals surface area contributed by atoms with E-state index in [1.54, 1.807) is 40.0 Å². The molecule has 17 heteroatoms. The first-order valence-electron chi connectivity index (χ1n) is 23.3. The van der Waals surface area contributed by atoms with Crippen LogP contribution in [0, 0.1) is 11.8 Å². The second-order valence-corrected chi connectivity index (χ2v) is 17.4. The molecule has 0 aromatic heterocycles. The normalized spacial score (nSPS) is 21.0. The molecule has 366 valence electrons. The number of carbonyl (C=O) groups excluding carboxylic acids is 5. The summed E-state index contributed by atoms with van der Waals surface area (Å²) in [4.78, 5) is 73.1. The van der Waals surface area contributed by atoms with E-state index >= 15 is 0 Å². The lowest BCUT2D eigenvalue weighted by molar-refractivity contribution is -0.139. The first-order valence-corrected chi connectivity index (χ1v) is 23.3. The number of carbonyl (C=O) groups is 5. The summed E-state index contributed by atoms with van der Waals surface area (Å²) < 4.78 is 34.9. The number of hydrogen-bond acceptors (Lipinski definition) is 12. The Morgan fingerprint density at radius 1 is 0.716 bits per heavy atom. The van der Waals surface area contributed by atoms with Gasteiger partial charge in [-0.05, 0) is 51.2 Å². The SMILES string of the molecule is COCCOCCOCCN1CCNC(=O)C2=C(OCc3ccccc3)C(=CCC2)C(=O)NCCN(C(=O)OC(C)(C)C)CCNC(=O)C2CC=CC(C(=O)NCC1)C2OCc1ccccc1. The fraction of sp³-hybridized carbons (Fsp3) is 0.540. The van der Waals surface area contributed by atoms with Gasteiger partial charge in [-0.25, -0.2) is 4.79 Å². The van der Waals surface area contributed by atoms with Crippen LogP contribution in [0.3, 0.4) is 0 Å². The molecule has 0 saturated heterocycles. The quantitative estimate of drug-likeness (QED) is 0.150. The van der Waals surface area contributed by atoms with Gasteiger partial charge in [0.05, 0.1) is 68.7 Å². The molecule has 2 aliphatic carbocycles. The second-order valence-electron chi connectivity index (χ2n) is 17.4. The largest absolute Gasteiger partial charge is 0.488 e. The summed E-state index contributed by atoms with van der Waals surface area (Å²) >= 11 is 0. The molecule has 0 spiro atoms. The lowest BCUT2D eigenvalue weighted by Crippen LogP contribution is -2.50. The Morgan fingerprint density at radius 3 is 2.00 bits per heavy atom. The number of methoxy groups -OCH3 is 1. The fourth-order valence-electron chi connectivity index (χ4n) is 7.73. The van der Waals surface area contributed by atoms with Crippen molar-refractivity contribution in [3.05, 3.63) is 107 Å². The van der Waals surface area contributed by atoms with E-state index in [2.05, 4.69) is 26.2 Å². The Labute approximate surface area is 394 Å². The molecule has 3 atom stereocenters. The monoisotopic (exact) mass is 931 g/mol. The maximum atomic E-state index is 14.0. The Kier molecular flexibility index (Phi) is 21.8. The van der Waals surface area contributed by atoms with Gasteiger partial charge in [0.1, 0.15) is 18.0 Å². The third kappa shape index (κ3) is 17.9. The first kappa shape index (κ1) is 52.4. The van der Waals surface area contributed by atoms with E-state index in [0.29, 0.717) is 77.5 Å². The third-order valence-electron chi connectivity index (χ3n) is 11.2. The summed E-state index contributed by atoms with van der Waals surface area (Å²) in [5, 5.41) is 12.0. The maximum Gasteiger partial charge on any atom is 0.410 e. The second kappa shape index (κ2) is 27.9. The van der Waals surface area contributed by atoms with Crippen molar-refractivity contribution in [1.82, 2.24) is 31.1 Å². The van der Waals surface area contributed by atoms with Crippen molar-refractivity contribution in [2.24, 2.45) is 11.8 Å². The molecule has 17 nitrogen and oxygen atoms in total. The standard InChI is InChI=1S/C50H70N6O11/c1-50(2,3)67-49(61)56-27-23-53-47(59)41-19-11-17-39(43(41)65-35-37-13-7-5-8-14-37)45(57)51-21-25-55(29-30-63-33-34-64-32-31-62-4)26-22-52-46(58)40-18-12-20-42(48(60)54-24-28-56)44(40)66-36-38-15-9-6-10-16-38/h5-11,13-17,20,39,41,43H,12,18-19,21-36H2,1-4H3,(H,51,57)(H,52,58)(H,53,59)(H,54,60). The lowest BCUT2D eigenvalue weighted by atomic mass is 9.82. The molecule has 1 aliphatic heterocycles. The average molecular weight is 931 g/mol. The molecule has 2 aromatic carbocycles. The molecule has 4 N–H and O–H groups in total. The van der Waals surface area contributed by atoms with Crippen molar-refractivity contribution in [3.63, 3.8) is 0 Å². The van der Waals surface area contributed by atoms with Gasteiger partial charge < -0.3 is 54.6 Å². The number of rotatable bonds is 15. The molecular weight excluding hydrogens is 861 g/mol. The molecule has 67 heavy (non-hydrogen) atoms. The Bertz CT molecular complexity index is 1990. The highest BCUT2D eigenvalue weighted by Gasteiger charge is 2.40. The zero-order valence-corrected chi connectivity index (χ0v) is 39.6. The minimum atomic E-state index is -0.804. The van der Waals surface area contributed by atoms with Crippen LogP contribution in [0.25, 0.3) is 0 Å². The van der Waals surface area contributed by atoms with Crippen LogP contribution in [-0.2, 0) is 60.8 Å². The maximum absolute atomic E-state index is 14.0. The Hall–Kier alpha value is -5.59. The first-order chi connectivity index (χ1) is 32.4. The van der Waals surface area contributed by atoms with Crippen molar-refractivity contribution >= 4 is 29.7 Å². The fourth-order valence-corrected chi connectivity index (χ4v) is 7.73. The predicted molar refractivity (Wildman–Crippen MR) is 251 cm³/mol. The van der Waals surface area contributed by atoms with E-state index in [1.165, 1.54) is 4.90 Å². The zero-order chi connectivity index (χ0) is 47.9. The van der Waals surface area contributed by atoms with Crippen molar-refractivity contribution in [1.29, 1.82) is 0 Å². The molecule has 0 fully saturated rings.